The van der Waals surface area contributed by atoms with Gasteiger partial charge in [-0.05, 0) is 17.4 Å². The summed E-state index contributed by atoms with van der Waals surface area (Å²) in [6.07, 6.45) is 1.40. The summed E-state index contributed by atoms with van der Waals surface area (Å²) in [5, 5.41) is 7.54. The van der Waals surface area contributed by atoms with Gasteiger partial charge in [-0.1, -0.05) is 13.8 Å². The third-order valence-corrected chi connectivity index (χ3v) is 4.72. The topological polar surface area (TPSA) is 76.9 Å². The summed E-state index contributed by atoms with van der Waals surface area (Å²) in [5.74, 6) is 0.0258. The van der Waals surface area contributed by atoms with Crippen LogP contribution in [0, 0.1) is 0 Å². The molecule has 3 rings (SSSR count). The van der Waals surface area contributed by atoms with Crippen LogP contribution in [0.1, 0.15) is 25.5 Å². The number of aromatic nitrogens is 3. The van der Waals surface area contributed by atoms with E-state index in [-0.39, 0.29) is 18.0 Å². The van der Waals surface area contributed by atoms with Crippen molar-refractivity contribution in [1.29, 1.82) is 0 Å². The molecule has 0 radical (unpaired) electrons. The molecular weight excluding hydrogens is 320 g/mol. The standard InChI is InChI=1S/C14H14N4O2S2/c1-8(2)10-6-22-14(16-10)17-11(19)5-18-7-15-12-9(13(18)20)3-4-21-12/h3-4,6-8H,5H2,1-2H3,(H,16,17,19). The summed E-state index contributed by atoms with van der Waals surface area (Å²) in [4.78, 5) is 33.5. The number of fused-ring (bicyclic) bond motifs is 1. The van der Waals surface area contributed by atoms with Crippen LogP contribution in [0.2, 0.25) is 0 Å². The number of thiophene rings is 1. The highest BCUT2D eigenvalue weighted by Crippen LogP contribution is 2.21. The Balaban J connectivity index is 1.75. The summed E-state index contributed by atoms with van der Waals surface area (Å²) >= 11 is 2.78. The Hall–Kier alpha value is -2.06. The minimum Gasteiger partial charge on any atom is -0.300 e. The maximum Gasteiger partial charge on any atom is 0.262 e. The van der Waals surface area contributed by atoms with Crippen molar-refractivity contribution in [3.8, 4) is 0 Å². The zero-order valence-corrected chi connectivity index (χ0v) is 13.7. The van der Waals surface area contributed by atoms with E-state index >= 15 is 0 Å². The molecule has 0 aliphatic heterocycles. The van der Waals surface area contributed by atoms with Gasteiger partial charge in [0.05, 0.1) is 17.4 Å². The Bertz CT molecular complexity index is 878. The fourth-order valence-electron chi connectivity index (χ4n) is 1.93. The van der Waals surface area contributed by atoms with E-state index in [9.17, 15) is 9.59 Å². The molecule has 0 saturated carbocycles. The van der Waals surface area contributed by atoms with Crippen molar-refractivity contribution in [2.45, 2.75) is 26.3 Å². The first-order chi connectivity index (χ1) is 10.5. The molecule has 114 valence electrons. The summed E-state index contributed by atoms with van der Waals surface area (Å²) in [5.41, 5.74) is 0.738. The molecule has 0 spiro atoms. The molecule has 0 aliphatic rings. The molecule has 0 saturated heterocycles. The average molecular weight is 334 g/mol. The Morgan fingerprint density at radius 2 is 2.23 bits per heavy atom. The van der Waals surface area contributed by atoms with Crippen LogP contribution in [0.15, 0.2) is 27.9 Å². The second-order valence-corrected chi connectivity index (χ2v) is 6.85. The summed E-state index contributed by atoms with van der Waals surface area (Å²) in [6, 6.07) is 1.72. The molecule has 3 heterocycles. The van der Waals surface area contributed by atoms with Crippen molar-refractivity contribution < 1.29 is 4.79 Å². The Morgan fingerprint density at radius 1 is 1.41 bits per heavy atom. The summed E-state index contributed by atoms with van der Waals surface area (Å²) < 4.78 is 1.31. The normalized spacial score (nSPS) is 11.2. The predicted octanol–water partition coefficient (Wildman–Crippen LogP) is 2.68. The smallest absolute Gasteiger partial charge is 0.262 e. The molecule has 0 aliphatic carbocycles. The van der Waals surface area contributed by atoms with E-state index < -0.39 is 0 Å². The third-order valence-electron chi connectivity index (χ3n) is 3.12. The first-order valence-electron chi connectivity index (χ1n) is 6.72. The van der Waals surface area contributed by atoms with Crippen LogP contribution in [0.25, 0.3) is 10.2 Å². The van der Waals surface area contributed by atoms with Crippen molar-refractivity contribution in [2.75, 3.05) is 5.32 Å². The Morgan fingerprint density at radius 3 is 2.95 bits per heavy atom. The monoisotopic (exact) mass is 334 g/mol. The first-order valence-corrected chi connectivity index (χ1v) is 8.48. The molecular formula is C14H14N4O2S2. The summed E-state index contributed by atoms with van der Waals surface area (Å²) in [7, 11) is 0. The molecule has 6 nitrogen and oxygen atoms in total. The summed E-state index contributed by atoms with van der Waals surface area (Å²) in [6.45, 7) is 4.01. The lowest BCUT2D eigenvalue weighted by molar-refractivity contribution is -0.116. The van der Waals surface area contributed by atoms with Gasteiger partial charge in [-0.3, -0.25) is 14.2 Å². The fourth-order valence-corrected chi connectivity index (χ4v) is 3.54. The van der Waals surface area contributed by atoms with Crippen molar-refractivity contribution >= 4 is 43.9 Å². The van der Waals surface area contributed by atoms with Crippen LogP contribution in [0.3, 0.4) is 0 Å². The molecule has 1 amide bonds. The maximum atomic E-state index is 12.2. The number of nitrogens with zero attached hydrogens (tertiary/aromatic N) is 3. The largest absolute Gasteiger partial charge is 0.300 e. The minimum atomic E-state index is -0.289. The number of rotatable bonds is 4. The van der Waals surface area contributed by atoms with Gasteiger partial charge in [0.2, 0.25) is 5.91 Å². The Labute approximate surface area is 134 Å². The number of hydrogen-bond donors (Lipinski definition) is 1. The van der Waals surface area contributed by atoms with Gasteiger partial charge in [0.25, 0.3) is 5.56 Å². The number of amides is 1. The molecule has 0 unspecified atom stereocenters. The molecule has 0 bridgehead atoms. The second-order valence-electron chi connectivity index (χ2n) is 5.10. The van der Waals surface area contributed by atoms with Gasteiger partial charge >= 0.3 is 0 Å². The second kappa shape index (κ2) is 5.98. The van der Waals surface area contributed by atoms with Crippen LogP contribution in [0.4, 0.5) is 5.13 Å². The lowest BCUT2D eigenvalue weighted by atomic mass is 10.2. The van der Waals surface area contributed by atoms with E-state index in [1.807, 2.05) is 24.6 Å². The number of thiazole rings is 1. The molecule has 0 fully saturated rings. The zero-order chi connectivity index (χ0) is 15.7. The van der Waals surface area contributed by atoms with E-state index in [1.165, 1.54) is 33.6 Å². The van der Waals surface area contributed by atoms with Gasteiger partial charge in [-0.2, -0.15) is 0 Å². The van der Waals surface area contributed by atoms with E-state index in [2.05, 4.69) is 15.3 Å². The van der Waals surface area contributed by atoms with Crippen LogP contribution in [-0.4, -0.2) is 20.4 Å². The van der Waals surface area contributed by atoms with Gasteiger partial charge in [0, 0.05) is 5.38 Å². The highest BCUT2D eigenvalue weighted by Gasteiger charge is 2.11. The number of hydrogen-bond acceptors (Lipinski definition) is 6. The number of carbonyl (C=O) groups excluding carboxylic acids is 1. The number of carbonyl (C=O) groups is 1. The quantitative estimate of drug-likeness (QED) is 0.796. The van der Waals surface area contributed by atoms with Gasteiger partial charge in [0.15, 0.2) is 5.13 Å². The maximum absolute atomic E-state index is 12.2. The van der Waals surface area contributed by atoms with Crippen molar-refractivity contribution in [3.05, 3.63) is 39.2 Å². The van der Waals surface area contributed by atoms with Crippen LogP contribution < -0.4 is 10.9 Å². The predicted molar refractivity (Wildman–Crippen MR) is 88.7 cm³/mol. The van der Waals surface area contributed by atoms with E-state index in [0.717, 1.165) is 5.69 Å². The van der Waals surface area contributed by atoms with E-state index in [4.69, 9.17) is 0 Å². The SMILES string of the molecule is CC(C)c1csc(NC(=O)Cn2cnc3sccc3c2=O)n1. The third kappa shape index (κ3) is 2.93. The zero-order valence-electron chi connectivity index (χ0n) is 12.1. The van der Waals surface area contributed by atoms with Gasteiger partial charge in [-0.25, -0.2) is 9.97 Å². The van der Waals surface area contributed by atoms with Gasteiger partial charge < -0.3 is 5.32 Å². The molecule has 3 aromatic rings. The lowest BCUT2D eigenvalue weighted by Gasteiger charge is -2.05. The van der Waals surface area contributed by atoms with E-state index in [0.29, 0.717) is 21.3 Å². The Kier molecular flexibility index (Phi) is 4.04. The number of anilines is 1. The fraction of sp³-hybridized carbons (Fsp3) is 0.286. The molecule has 1 N–H and O–H groups in total. The molecule has 22 heavy (non-hydrogen) atoms. The van der Waals surface area contributed by atoms with Gasteiger partial charge in [-0.15, -0.1) is 22.7 Å². The highest BCUT2D eigenvalue weighted by atomic mass is 32.1. The van der Waals surface area contributed by atoms with Crippen LogP contribution in [-0.2, 0) is 11.3 Å². The van der Waals surface area contributed by atoms with Crippen molar-refractivity contribution in [3.63, 3.8) is 0 Å². The molecule has 8 heteroatoms. The number of nitrogens with one attached hydrogen (secondary N) is 1. The van der Waals surface area contributed by atoms with Crippen molar-refractivity contribution in [1.82, 2.24) is 14.5 Å². The van der Waals surface area contributed by atoms with Crippen LogP contribution >= 0.6 is 22.7 Å². The molecule has 0 atom stereocenters. The van der Waals surface area contributed by atoms with Gasteiger partial charge in [0.1, 0.15) is 11.4 Å². The molecule has 3 aromatic heterocycles. The van der Waals surface area contributed by atoms with E-state index in [1.54, 1.807) is 6.07 Å². The van der Waals surface area contributed by atoms with Crippen LogP contribution in [0.5, 0.6) is 0 Å². The minimum absolute atomic E-state index is 0.0752. The first kappa shape index (κ1) is 14.9. The average Bonchev–Trinajstić information content (AvgIpc) is 3.11. The highest BCUT2D eigenvalue weighted by molar-refractivity contribution is 7.16. The van der Waals surface area contributed by atoms with Crippen molar-refractivity contribution in [2.24, 2.45) is 0 Å². The molecule has 0 aromatic carbocycles. The lowest BCUT2D eigenvalue weighted by Crippen LogP contribution is -2.27.